The molecule has 0 N–H and O–H groups in total. The summed E-state index contributed by atoms with van der Waals surface area (Å²) in [6.45, 7) is 0.277. The Hall–Kier alpha value is 1.59. The Morgan fingerprint density at radius 1 is 1.29 bits per heavy atom. The summed E-state index contributed by atoms with van der Waals surface area (Å²) in [5.41, 5.74) is 0. The summed E-state index contributed by atoms with van der Waals surface area (Å²) in [4.78, 5) is 0. The highest BCUT2D eigenvalue weighted by Gasteiger charge is 2.33. The molecule has 1 radical (unpaired) electrons. The topological polar surface area (TPSA) is 0 Å². The first-order chi connectivity index (χ1) is 2.94. The van der Waals surface area contributed by atoms with Crippen LogP contribution in [-0.2, 0) is 0 Å². The van der Waals surface area contributed by atoms with Crippen LogP contribution in [0.3, 0.4) is 0 Å². The minimum atomic E-state index is -2.16. The summed E-state index contributed by atoms with van der Waals surface area (Å²) >= 11 is 21.9. The van der Waals surface area contributed by atoms with Gasteiger partial charge < -0.3 is 0 Å². The second kappa shape index (κ2) is 2.94. The highest BCUT2D eigenvalue weighted by atomic mass is 35.8. The van der Waals surface area contributed by atoms with Crippen molar-refractivity contribution in [2.75, 3.05) is 0 Å². The monoisotopic (exact) mass is 211 g/mol. The van der Waals surface area contributed by atoms with Gasteiger partial charge in [0.15, 0.2) is 0 Å². The van der Waals surface area contributed by atoms with E-state index >= 15 is 0 Å². The predicted molar refractivity (Wildman–Crippen MR) is 40.8 cm³/mol. The number of hydrogen-bond acceptors (Lipinski definition) is 0. The second-order valence-corrected chi connectivity index (χ2v) is 19.7. The average Bonchev–Trinajstić information content (AvgIpc) is 1.31. The number of hydrogen-bond donors (Lipinski definition) is 0. The molecular formula is CH3Cl4Si2. The van der Waals surface area contributed by atoms with Crippen LogP contribution in [0.25, 0.3) is 0 Å². The molecule has 0 spiro atoms. The molecule has 0 amide bonds. The molecule has 0 nitrogen and oxygen atoms in total. The Bertz CT molecular complexity index is 55.2. The lowest BCUT2D eigenvalue weighted by atomic mass is 11.9. The second-order valence-electron chi connectivity index (χ2n) is 1.15. The molecular weight excluding hydrogens is 210 g/mol. The molecule has 0 aliphatic heterocycles. The third kappa shape index (κ3) is 4.12. The molecule has 0 aliphatic rings. The van der Waals surface area contributed by atoms with Gasteiger partial charge in [-0.1, -0.05) is 0 Å². The van der Waals surface area contributed by atoms with Crippen molar-refractivity contribution in [1.82, 2.24) is 0 Å². The summed E-state index contributed by atoms with van der Waals surface area (Å²) in [6.07, 6.45) is -2.16. The maximum Gasteiger partial charge on any atom is 0.296 e. The van der Waals surface area contributed by atoms with Gasteiger partial charge in [-0.05, 0) is 6.55 Å². The van der Waals surface area contributed by atoms with E-state index in [9.17, 15) is 0 Å². The summed E-state index contributed by atoms with van der Waals surface area (Å²) in [5, 5.41) is 0. The van der Waals surface area contributed by atoms with Crippen molar-refractivity contribution in [1.29, 1.82) is 0 Å². The zero-order valence-electron chi connectivity index (χ0n) is 3.51. The largest absolute Gasteiger partial charge is 0.296 e. The van der Waals surface area contributed by atoms with E-state index in [1.807, 2.05) is 0 Å². The molecule has 0 heterocycles. The third-order valence-corrected chi connectivity index (χ3v) is 16.7. The van der Waals surface area contributed by atoms with Crippen LogP contribution in [0.1, 0.15) is 0 Å². The third-order valence-electron chi connectivity index (χ3n) is 0.332. The van der Waals surface area contributed by atoms with Gasteiger partial charge in [-0.2, -0.15) is 0 Å². The fourth-order valence-electron chi connectivity index (χ4n) is 0. The van der Waals surface area contributed by atoms with Crippen LogP contribution in [0.4, 0.5) is 0 Å². The molecule has 0 saturated carbocycles. The normalized spacial score (nSPS) is 12.9. The number of halogens is 4. The Kier molecular flexibility index (Phi) is 3.61. The zero-order valence-corrected chi connectivity index (χ0v) is 8.54. The standard InChI is InChI=1S/CH3Cl4Si2/c1-7(4,5)6(2)3/h1H3. The van der Waals surface area contributed by atoms with E-state index in [4.69, 9.17) is 44.3 Å². The van der Waals surface area contributed by atoms with Crippen molar-refractivity contribution >= 4 is 57.5 Å². The van der Waals surface area contributed by atoms with E-state index < -0.39 is 13.1 Å². The quantitative estimate of drug-likeness (QED) is 0.463. The van der Waals surface area contributed by atoms with Gasteiger partial charge in [-0.25, -0.2) is 0 Å². The Labute approximate surface area is 63.9 Å². The van der Waals surface area contributed by atoms with Crippen LogP contribution in [0, 0.1) is 0 Å². The van der Waals surface area contributed by atoms with Crippen LogP contribution in [0.2, 0.25) is 6.55 Å². The van der Waals surface area contributed by atoms with Crippen molar-refractivity contribution < 1.29 is 0 Å². The van der Waals surface area contributed by atoms with Gasteiger partial charge in [-0.15, -0.1) is 44.3 Å². The SMILES string of the molecule is C[Si](Cl)(Cl)[Si](Cl)Cl. The summed E-state index contributed by atoms with van der Waals surface area (Å²) in [5.74, 6) is 0. The molecule has 0 fully saturated rings. The highest BCUT2D eigenvalue weighted by Crippen LogP contribution is 2.22. The van der Waals surface area contributed by atoms with Gasteiger partial charge in [0.1, 0.15) is 0 Å². The van der Waals surface area contributed by atoms with Crippen molar-refractivity contribution in [3.8, 4) is 0 Å². The minimum absolute atomic E-state index is 1.44. The fourth-order valence-corrected chi connectivity index (χ4v) is 0. The molecule has 0 unspecified atom stereocenters. The number of rotatable bonds is 1. The Balaban J connectivity index is 3.54. The van der Waals surface area contributed by atoms with Gasteiger partial charge in [0, 0.05) is 0 Å². The van der Waals surface area contributed by atoms with Crippen molar-refractivity contribution in [3.63, 3.8) is 0 Å². The van der Waals surface area contributed by atoms with E-state index in [0.29, 0.717) is 0 Å². The molecule has 7 heavy (non-hydrogen) atoms. The summed E-state index contributed by atoms with van der Waals surface area (Å²) < 4.78 is 0. The van der Waals surface area contributed by atoms with E-state index in [1.54, 1.807) is 6.55 Å². The van der Waals surface area contributed by atoms with Crippen molar-refractivity contribution in [2.45, 2.75) is 6.55 Å². The lowest BCUT2D eigenvalue weighted by Crippen LogP contribution is -2.27. The van der Waals surface area contributed by atoms with E-state index in [2.05, 4.69) is 0 Å². The zero-order chi connectivity index (χ0) is 6.08. The van der Waals surface area contributed by atoms with Crippen LogP contribution in [0.15, 0.2) is 0 Å². The van der Waals surface area contributed by atoms with Crippen molar-refractivity contribution in [2.24, 2.45) is 0 Å². The van der Waals surface area contributed by atoms with E-state index in [1.165, 1.54) is 0 Å². The Morgan fingerprint density at radius 3 is 1.43 bits per heavy atom. The van der Waals surface area contributed by atoms with Crippen LogP contribution < -0.4 is 0 Å². The van der Waals surface area contributed by atoms with Crippen LogP contribution in [-0.4, -0.2) is 13.1 Å². The smallest absolute Gasteiger partial charge is 0.147 e. The lowest BCUT2D eigenvalue weighted by molar-refractivity contribution is 2.30. The van der Waals surface area contributed by atoms with Crippen LogP contribution >= 0.6 is 44.3 Å². The first kappa shape index (κ1) is 8.59. The molecule has 0 atom stereocenters. The molecule has 0 aromatic heterocycles. The van der Waals surface area contributed by atoms with Gasteiger partial charge in [0.25, 0.3) is 13.1 Å². The molecule has 0 aliphatic carbocycles. The first-order valence-electron chi connectivity index (χ1n) is 1.51. The highest BCUT2D eigenvalue weighted by molar-refractivity contribution is 7.86. The van der Waals surface area contributed by atoms with Crippen LogP contribution in [0.5, 0.6) is 0 Å². The molecule has 0 saturated heterocycles. The van der Waals surface area contributed by atoms with Gasteiger partial charge in [-0.3, -0.25) is 0 Å². The lowest BCUT2D eigenvalue weighted by Gasteiger charge is -2.05. The maximum atomic E-state index is 5.55. The average molecular weight is 213 g/mol. The Morgan fingerprint density at radius 2 is 1.43 bits per heavy atom. The maximum absolute atomic E-state index is 5.55. The molecule has 0 aromatic rings. The van der Waals surface area contributed by atoms with E-state index in [-0.39, 0.29) is 0 Å². The van der Waals surface area contributed by atoms with Gasteiger partial charge in [0.2, 0.25) is 0 Å². The summed E-state index contributed by atoms with van der Waals surface area (Å²) in [6, 6.07) is 0. The molecule has 0 bridgehead atoms. The molecule has 0 rings (SSSR count). The fraction of sp³-hybridized carbons (Fsp3) is 1.00. The predicted octanol–water partition coefficient (Wildman–Crippen LogP) is 2.58. The molecule has 43 valence electrons. The van der Waals surface area contributed by atoms with Gasteiger partial charge >= 0.3 is 0 Å². The molecule has 6 heteroatoms. The van der Waals surface area contributed by atoms with E-state index in [0.717, 1.165) is 0 Å². The van der Waals surface area contributed by atoms with Crippen molar-refractivity contribution in [3.05, 3.63) is 0 Å². The first-order valence-corrected chi connectivity index (χ1v) is 10.6. The summed E-state index contributed by atoms with van der Waals surface area (Å²) in [7, 11) is 0. The molecule has 0 aromatic carbocycles. The minimum Gasteiger partial charge on any atom is -0.147 e. The van der Waals surface area contributed by atoms with Gasteiger partial charge in [0.05, 0.1) is 0 Å².